The van der Waals surface area contributed by atoms with Crippen molar-refractivity contribution < 1.29 is 13.5 Å². The highest BCUT2D eigenvalue weighted by atomic mass is 19.2. The van der Waals surface area contributed by atoms with Crippen molar-refractivity contribution >= 4 is 10.9 Å². The van der Waals surface area contributed by atoms with Crippen LogP contribution in [0.2, 0.25) is 0 Å². The van der Waals surface area contributed by atoms with Gasteiger partial charge in [0.05, 0.1) is 16.9 Å². The molecule has 1 atom stereocenters. The molecule has 3 nitrogen and oxygen atoms in total. The summed E-state index contributed by atoms with van der Waals surface area (Å²) in [6, 6.07) is 0.922. The molecule has 0 fully saturated rings. The normalized spacial score (nSPS) is 17.9. The van der Waals surface area contributed by atoms with E-state index in [0.717, 1.165) is 6.07 Å². The number of pyridine rings is 1. The first-order chi connectivity index (χ1) is 8.50. The minimum Gasteiger partial charge on any atom is -0.486 e. The molecule has 3 rings (SSSR count). The number of rotatable bonds is 0. The van der Waals surface area contributed by atoms with E-state index in [9.17, 15) is 13.6 Å². The van der Waals surface area contributed by atoms with Gasteiger partial charge >= 0.3 is 0 Å². The smallest absolute Gasteiger partial charge is 0.202 e. The molecule has 1 unspecified atom stereocenters. The lowest BCUT2D eigenvalue weighted by Gasteiger charge is -2.27. The van der Waals surface area contributed by atoms with Gasteiger partial charge < -0.3 is 9.30 Å². The summed E-state index contributed by atoms with van der Waals surface area (Å²) in [6.07, 6.45) is 1.67. The van der Waals surface area contributed by atoms with Gasteiger partial charge in [-0.25, -0.2) is 4.39 Å². The molecule has 2 aromatic rings. The quantitative estimate of drug-likeness (QED) is 0.720. The third-order valence-corrected chi connectivity index (χ3v) is 3.29. The SMILES string of the molecule is Cc1cn2c3c(c(F)c(F)cc3c1=O)OCC2C. The van der Waals surface area contributed by atoms with Crippen LogP contribution < -0.4 is 10.2 Å². The number of hydrogen-bond acceptors (Lipinski definition) is 2. The zero-order valence-corrected chi connectivity index (χ0v) is 9.96. The molecule has 0 saturated heterocycles. The molecule has 5 heteroatoms. The molecule has 0 aliphatic carbocycles. The van der Waals surface area contributed by atoms with Gasteiger partial charge in [-0.3, -0.25) is 4.79 Å². The van der Waals surface area contributed by atoms with E-state index in [1.807, 2.05) is 6.92 Å². The minimum absolute atomic E-state index is 0.0239. The molecule has 0 amide bonds. The first-order valence-electron chi connectivity index (χ1n) is 5.67. The monoisotopic (exact) mass is 251 g/mol. The number of aryl methyl sites for hydroxylation is 1. The van der Waals surface area contributed by atoms with E-state index in [1.165, 1.54) is 0 Å². The fraction of sp³-hybridized carbons (Fsp3) is 0.308. The van der Waals surface area contributed by atoms with Crippen molar-refractivity contribution in [2.45, 2.75) is 19.9 Å². The van der Waals surface area contributed by atoms with E-state index < -0.39 is 11.6 Å². The average Bonchev–Trinajstić information content (AvgIpc) is 2.34. The lowest BCUT2D eigenvalue weighted by Crippen LogP contribution is -2.25. The predicted molar refractivity (Wildman–Crippen MR) is 63.1 cm³/mol. The average molecular weight is 251 g/mol. The number of aromatic nitrogens is 1. The van der Waals surface area contributed by atoms with Crippen LogP contribution in [0.15, 0.2) is 17.1 Å². The van der Waals surface area contributed by atoms with Crippen LogP contribution in [-0.2, 0) is 0 Å². The Hall–Kier alpha value is -1.91. The Labute approximate surface area is 102 Å². The molecule has 1 aliphatic heterocycles. The van der Waals surface area contributed by atoms with E-state index in [2.05, 4.69) is 0 Å². The fourth-order valence-corrected chi connectivity index (χ4v) is 2.33. The van der Waals surface area contributed by atoms with Crippen molar-refractivity contribution in [1.29, 1.82) is 0 Å². The van der Waals surface area contributed by atoms with Crippen LogP contribution in [-0.4, -0.2) is 11.2 Å². The van der Waals surface area contributed by atoms with Crippen LogP contribution in [0.3, 0.4) is 0 Å². The van der Waals surface area contributed by atoms with Crippen LogP contribution in [0.1, 0.15) is 18.5 Å². The van der Waals surface area contributed by atoms with Gasteiger partial charge in [0, 0.05) is 11.8 Å². The van der Waals surface area contributed by atoms with E-state index in [1.54, 1.807) is 17.7 Å². The van der Waals surface area contributed by atoms with Gasteiger partial charge in [0.1, 0.15) is 6.61 Å². The highest BCUT2D eigenvalue weighted by Crippen LogP contribution is 2.35. The molecule has 94 valence electrons. The number of halogens is 2. The molecular formula is C13H11F2NO2. The molecule has 0 radical (unpaired) electrons. The van der Waals surface area contributed by atoms with E-state index in [0.29, 0.717) is 11.1 Å². The summed E-state index contributed by atoms with van der Waals surface area (Å²) in [4.78, 5) is 12.0. The topological polar surface area (TPSA) is 31.2 Å². The summed E-state index contributed by atoms with van der Waals surface area (Å²) >= 11 is 0. The van der Waals surface area contributed by atoms with Crippen molar-refractivity contribution in [3.63, 3.8) is 0 Å². The highest BCUT2D eigenvalue weighted by molar-refractivity contribution is 5.86. The Kier molecular flexibility index (Phi) is 2.20. The van der Waals surface area contributed by atoms with Gasteiger partial charge in [-0.1, -0.05) is 0 Å². The Morgan fingerprint density at radius 2 is 2.17 bits per heavy atom. The molecule has 1 aliphatic rings. The molecule has 0 bridgehead atoms. The molecule has 1 aromatic carbocycles. The van der Waals surface area contributed by atoms with Crippen molar-refractivity contribution in [3.8, 4) is 5.75 Å². The van der Waals surface area contributed by atoms with Crippen molar-refractivity contribution in [1.82, 2.24) is 4.57 Å². The Morgan fingerprint density at radius 1 is 1.44 bits per heavy atom. The summed E-state index contributed by atoms with van der Waals surface area (Å²) in [5.41, 5.74) is 0.551. The standard InChI is InChI=1S/C13H11F2NO2/c1-6-4-16-7(2)5-18-13-10(15)9(14)3-8(11(13)16)12(6)17/h3-4,7H,5H2,1-2H3. The van der Waals surface area contributed by atoms with Gasteiger partial charge in [0.2, 0.25) is 5.82 Å². The second kappa shape index (κ2) is 3.54. The summed E-state index contributed by atoms with van der Waals surface area (Å²) in [5.74, 6) is -2.26. The first kappa shape index (κ1) is 11.2. The van der Waals surface area contributed by atoms with Crippen LogP contribution in [0.5, 0.6) is 5.75 Å². The summed E-state index contributed by atoms with van der Waals surface area (Å²) in [6.45, 7) is 3.81. The molecule has 1 aromatic heterocycles. The van der Waals surface area contributed by atoms with Crippen molar-refractivity contribution in [2.75, 3.05) is 6.61 Å². The number of hydrogen-bond donors (Lipinski definition) is 0. The second-order valence-electron chi connectivity index (χ2n) is 4.61. The number of benzene rings is 1. The third kappa shape index (κ3) is 1.30. The summed E-state index contributed by atoms with van der Waals surface area (Å²) < 4.78 is 34.2. The molecule has 0 saturated carbocycles. The Morgan fingerprint density at radius 3 is 2.89 bits per heavy atom. The van der Waals surface area contributed by atoms with Gasteiger partial charge in [-0.15, -0.1) is 0 Å². The zero-order chi connectivity index (χ0) is 13.0. The van der Waals surface area contributed by atoms with E-state index in [4.69, 9.17) is 4.74 Å². The molecule has 0 spiro atoms. The molecule has 2 heterocycles. The van der Waals surface area contributed by atoms with E-state index in [-0.39, 0.29) is 29.2 Å². The van der Waals surface area contributed by atoms with E-state index >= 15 is 0 Å². The van der Waals surface area contributed by atoms with Crippen LogP contribution >= 0.6 is 0 Å². The Bertz CT molecular complexity index is 721. The lowest BCUT2D eigenvalue weighted by molar-refractivity contribution is 0.233. The molecule has 18 heavy (non-hydrogen) atoms. The second-order valence-corrected chi connectivity index (χ2v) is 4.61. The maximum absolute atomic E-state index is 13.7. The maximum Gasteiger partial charge on any atom is 0.202 e. The zero-order valence-electron chi connectivity index (χ0n) is 9.96. The van der Waals surface area contributed by atoms with Gasteiger partial charge in [0.25, 0.3) is 0 Å². The van der Waals surface area contributed by atoms with Crippen molar-refractivity contribution in [3.05, 3.63) is 39.7 Å². The highest BCUT2D eigenvalue weighted by Gasteiger charge is 2.25. The summed E-state index contributed by atoms with van der Waals surface area (Å²) in [5, 5.41) is 0.162. The Balaban J connectivity index is 2.60. The van der Waals surface area contributed by atoms with Crippen LogP contribution in [0.25, 0.3) is 10.9 Å². The third-order valence-electron chi connectivity index (χ3n) is 3.29. The predicted octanol–water partition coefficient (Wildman–Crippen LogP) is 2.54. The summed E-state index contributed by atoms with van der Waals surface area (Å²) in [7, 11) is 0. The minimum atomic E-state index is -1.05. The number of ether oxygens (including phenoxy) is 1. The maximum atomic E-state index is 13.7. The van der Waals surface area contributed by atoms with Crippen LogP contribution in [0, 0.1) is 18.6 Å². The van der Waals surface area contributed by atoms with Crippen LogP contribution in [0.4, 0.5) is 8.78 Å². The number of nitrogens with zero attached hydrogens (tertiary/aromatic N) is 1. The van der Waals surface area contributed by atoms with Crippen molar-refractivity contribution in [2.24, 2.45) is 0 Å². The fourth-order valence-electron chi connectivity index (χ4n) is 2.33. The van der Waals surface area contributed by atoms with Gasteiger partial charge in [0.15, 0.2) is 17.0 Å². The molecule has 0 N–H and O–H groups in total. The molecular weight excluding hydrogens is 240 g/mol. The largest absolute Gasteiger partial charge is 0.486 e. The van der Waals surface area contributed by atoms with Gasteiger partial charge in [-0.05, 0) is 19.9 Å². The lowest BCUT2D eigenvalue weighted by atomic mass is 10.1. The first-order valence-corrected chi connectivity index (χ1v) is 5.67. The van der Waals surface area contributed by atoms with Gasteiger partial charge in [-0.2, -0.15) is 4.39 Å².